The first-order valence-electron chi connectivity index (χ1n) is 2.93. The molecule has 0 amide bonds. The number of hydrogen-bond donors (Lipinski definition) is 1. The fourth-order valence-corrected chi connectivity index (χ4v) is 1.94. The van der Waals surface area contributed by atoms with Crippen molar-refractivity contribution in [3.63, 3.8) is 0 Å². The molecule has 2 unspecified atom stereocenters. The molecule has 10 heavy (non-hydrogen) atoms. The van der Waals surface area contributed by atoms with Crippen LogP contribution in [-0.2, 0) is 0 Å². The van der Waals surface area contributed by atoms with Crippen molar-refractivity contribution < 1.29 is 13.2 Å². The van der Waals surface area contributed by atoms with Gasteiger partial charge in [-0.1, -0.05) is 22.6 Å². The predicted octanol–water partition coefficient (Wildman–Crippen LogP) is 1.57. The molecule has 0 radical (unpaired) electrons. The molecule has 1 aliphatic heterocycles. The Morgan fingerprint density at radius 3 is 2.10 bits per heavy atom. The van der Waals surface area contributed by atoms with E-state index < -0.39 is 12.1 Å². The molecule has 1 fully saturated rings. The van der Waals surface area contributed by atoms with E-state index in [1.54, 1.807) is 0 Å². The van der Waals surface area contributed by atoms with Gasteiger partial charge < -0.3 is 5.32 Å². The highest BCUT2D eigenvalue weighted by Gasteiger charge is 2.45. The second-order valence-corrected chi connectivity index (χ2v) is 3.92. The second kappa shape index (κ2) is 2.84. The summed E-state index contributed by atoms with van der Waals surface area (Å²) in [7, 11) is 0. The molecule has 0 aliphatic carbocycles. The van der Waals surface area contributed by atoms with Gasteiger partial charge in [0.25, 0.3) is 0 Å². The zero-order valence-corrected chi connectivity index (χ0v) is 7.24. The first-order chi connectivity index (χ1) is 4.52. The molecule has 1 saturated heterocycles. The summed E-state index contributed by atoms with van der Waals surface area (Å²) in [6, 6.07) is 0. The Morgan fingerprint density at radius 1 is 1.30 bits per heavy atom. The molecular weight excluding hydrogens is 258 g/mol. The highest BCUT2D eigenvalue weighted by molar-refractivity contribution is 14.1. The lowest BCUT2D eigenvalue weighted by molar-refractivity contribution is -0.166. The minimum atomic E-state index is -4.02. The molecule has 5 heteroatoms. The topological polar surface area (TPSA) is 12.0 Å². The van der Waals surface area contributed by atoms with Gasteiger partial charge in [-0.3, -0.25) is 0 Å². The second-order valence-electron chi connectivity index (χ2n) is 2.32. The van der Waals surface area contributed by atoms with Crippen molar-refractivity contribution in [2.45, 2.75) is 10.1 Å². The van der Waals surface area contributed by atoms with Crippen LogP contribution in [0.3, 0.4) is 0 Å². The summed E-state index contributed by atoms with van der Waals surface area (Å²) in [6.07, 6.45) is -4.02. The molecule has 1 aliphatic rings. The quantitative estimate of drug-likeness (QED) is 0.518. The Balaban J connectivity index is 2.55. The molecule has 1 N–H and O–H groups in total. The van der Waals surface area contributed by atoms with Crippen molar-refractivity contribution in [1.29, 1.82) is 0 Å². The molecule has 0 aromatic rings. The highest BCUT2D eigenvalue weighted by atomic mass is 127. The zero-order chi connectivity index (χ0) is 7.78. The normalized spacial score (nSPS) is 34.8. The van der Waals surface area contributed by atoms with Crippen molar-refractivity contribution in [1.82, 2.24) is 5.32 Å². The van der Waals surface area contributed by atoms with Crippen molar-refractivity contribution in [2.75, 3.05) is 13.1 Å². The highest BCUT2D eigenvalue weighted by Crippen LogP contribution is 2.34. The average molecular weight is 265 g/mol. The van der Waals surface area contributed by atoms with Gasteiger partial charge in [-0.2, -0.15) is 13.2 Å². The number of halogens is 4. The average Bonchev–Trinajstić information content (AvgIpc) is 2.11. The minimum Gasteiger partial charge on any atom is -0.315 e. The fourth-order valence-electron chi connectivity index (χ4n) is 0.968. The SMILES string of the molecule is FC(F)(F)C1CNCC1I. The fraction of sp³-hybridized carbons (Fsp3) is 1.00. The molecule has 0 aromatic heterocycles. The summed E-state index contributed by atoms with van der Waals surface area (Å²) >= 11 is 1.84. The van der Waals surface area contributed by atoms with E-state index in [1.165, 1.54) is 0 Å². The van der Waals surface area contributed by atoms with Crippen molar-refractivity contribution in [3.8, 4) is 0 Å². The smallest absolute Gasteiger partial charge is 0.315 e. The van der Waals surface area contributed by atoms with Crippen LogP contribution < -0.4 is 5.32 Å². The Morgan fingerprint density at radius 2 is 1.90 bits per heavy atom. The third-order valence-electron chi connectivity index (χ3n) is 1.56. The zero-order valence-electron chi connectivity index (χ0n) is 5.08. The predicted molar refractivity (Wildman–Crippen MR) is 40.2 cm³/mol. The summed E-state index contributed by atoms with van der Waals surface area (Å²) in [5, 5.41) is 2.70. The number of rotatable bonds is 0. The van der Waals surface area contributed by atoms with E-state index in [2.05, 4.69) is 5.32 Å². The van der Waals surface area contributed by atoms with Crippen LogP contribution in [0.25, 0.3) is 0 Å². The molecule has 1 rings (SSSR count). The van der Waals surface area contributed by atoms with E-state index in [9.17, 15) is 13.2 Å². The summed E-state index contributed by atoms with van der Waals surface area (Å²) in [5.41, 5.74) is 0. The van der Waals surface area contributed by atoms with Gasteiger partial charge >= 0.3 is 6.18 Å². The molecule has 0 spiro atoms. The van der Waals surface area contributed by atoms with Crippen LogP contribution in [0.5, 0.6) is 0 Å². The van der Waals surface area contributed by atoms with Crippen LogP contribution in [0, 0.1) is 5.92 Å². The number of hydrogen-bond acceptors (Lipinski definition) is 1. The molecule has 0 saturated carbocycles. The van der Waals surface area contributed by atoms with Crippen LogP contribution in [0.2, 0.25) is 0 Å². The van der Waals surface area contributed by atoms with Gasteiger partial charge in [0.1, 0.15) is 0 Å². The van der Waals surface area contributed by atoms with Crippen molar-refractivity contribution >= 4 is 22.6 Å². The Labute approximate surface area is 70.5 Å². The van der Waals surface area contributed by atoms with Crippen LogP contribution in [-0.4, -0.2) is 23.2 Å². The van der Waals surface area contributed by atoms with E-state index in [4.69, 9.17) is 0 Å². The maximum Gasteiger partial charge on any atom is 0.394 e. The molecule has 2 atom stereocenters. The van der Waals surface area contributed by atoms with E-state index in [1.807, 2.05) is 22.6 Å². The Bertz CT molecular complexity index is 125. The Kier molecular flexibility index (Phi) is 2.44. The molecule has 1 nitrogen and oxygen atoms in total. The summed E-state index contributed by atoms with van der Waals surface area (Å²) in [6.45, 7) is 0.557. The molecule has 0 aromatic carbocycles. The minimum absolute atomic E-state index is 0.0805. The van der Waals surface area contributed by atoms with Crippen LogP contribution in [0.1, 0.15) is 0 Å². The number of alkyl halides is 4. The Hall–Kier alpha value is 0.480. The summed E-state index contributed by atoms with van der Waals surface area (Å²) in [5.74, 6) is -1.15. The van der Waals surface area contributed by atoms with E-state index >= 15 is 0 Å². The van der Waals surface area contributed by atoms with Crippen LogP contribution in [0.15, 0.2) is 0 Å². The van der Waals surface area contributed by atoms with Gasteiger partial charge in [-0.05, 0) is 0 Å². The van der Waals surface area contributed by atoms with Crippen LogP contribution in [0.4, 0.5) is 13.2 Å². The van der Waals surface area contributed by atoms with E-state index in [-0.39, 0.29) is 10.5 Å². The maximum absolute atomic E-state index is 12.0. The monoisotopic (exact) mass is 265 g/mol. The first-order valence-corrected chi connectivity index (χ1v) is 4.18. The van der Waals surface area contributed by atoms with Gasteiger partial charge in [0.15, 0.2) is 0 Å². The lowest BCUT2D eigenvalue weighted by Crippen LogP contribution is -2.29. The molecule has 60 valence electrons. The van der Waals surface area contributed by atoms with E-state index in [0.29, 0.717) is 6.54 Å². The summed E-state index contributed by atoms with van der Waals surface area (Å²) in [4.78, 5) is 0. The molecule has 1 heterocycles. The molecule has 0 bridgehead atoms. The van der Waals surface area contributed by atoms with Crippen LogP contribution >= 0.6 is 22.6 Å². The lowest BCUT2D eigenvalue weighted by Gasteiger charge is -2.15. The maximum atomic E-state index is 12.0. The number of nitrogens with one attached hydrogen (secondary N) is 1. The van der Waals surface area contributed by atoms with Crippen molar-refractivity contribution in [3.05, 3.63) is 0 Å². The van der Waals surface area contributed by atoms with Gasteiger partial charge in [-0.25, -0.2) is 0 Å². The van der Waals surface area contributed by atoms with Gasteiger partial charge in [-0.15, -0.1) is 0 Å². The summed E-state index contributed by atoms with van der Waals surface area (Å²) < 4.78 is 35.6. The lowest BCUT2D eigenvalue weighted by atomic mass is 10.1. The molecular formula is C5H7F3IN. The van der Waals surface area contributed by atoms with Gasteiger partial charge in [0.2, 0.25) is 0 Å². The largest absolute Gasteiger partial charge is 0.394 e. The van der Waals surface area contributed by atoms with Gasteiger partial charge in [0.05, 0.1) is 5.92 Å². The van der Waals surface area contributed by atoms with Crippen molar-refractivity contribution in [2.24, 2.45) is 5.92 Å². The first kappa shape index (κ1) is 8.58. The third-order valence-corrected chi connectivity index (χ3v) is 2.87. The standard InChI is InChI=1S/C5H7F3IN/c6-5(7,8)3-1-10-2-4(3)9/h3-4,10H,1-2H2. The van der Waals surface area contributed by atoms with Gasteiger partial charge in [0, 0.05) is 17.0 Å². The van der Waals surface area contributed by atoms with E-state index in [0.717, 1.165) is 0 Å². The third kappa shape index (κ3) is 1.75.